The highest BCUT2D eigenvalue weighted by atomic mass is 16.5. The topological polar surface area (TPSA) is 75.2 Å². The monoisotopic (exact) mass is 274 g/mol. The number of nitrogens with one attached hydrogen (secondary N) is 1. The van der Waals surface area contributed by atoms with Crippen LogP contribution in [0.5, 0.6) is 5.75 Å². The van der Waals surface area contributed by atoms with E-state index in [1.807, 2.05) is 32.9 Å². The summed E-state index contributed by atoms with van der Waals surface area (Å²) in [6, 6.07) is 5.77. The van der Waals surface area contributed by atoms with Crippen LogP contribution in [0.4, 0.5) is 0 Å². The van der Waals surface area contributed by atoms with E-state index in [4.69, 9.17) is 9.84 Å². The molecule has 0 saturated carbocycles. The zero-order chi connectivity index (χ0) is 14.7. The SMILES string of the molecule is CCOc1cc(C)c(-c2cc(CC(=O)O)[nH]n2)cc1C. The fourth-order valence-electron chi connectivity index (χ4n) is 2.13. The molecule has 2 aromatic rings. The molecule has 0 aliphatic rings. The van der Waals surface area contributed by atoms with Gasteiger partial charge in [0, 0.05) is 11.3 Å². The Labute approximate surface area is 117 Å². The van der Waals surface area contributed by atoms with Gasteiger partial charge in [0.25, 0.3) is 0 Å². The molecule has 5 heteroatoms. The third kappa shape index (κ3) is 2.99. The first kappa shape index (κ1) is 14.1. The number of aryl methyl sites for hydroxylation is 2. The lowest BCUT2D eigenvalue weighted by Gasteiger charge is -2.11. The van der Waals surface area contributed by atoms with E-state index in [0.29, 0.717) is 12.3 Å². The molecule has 20 heavy (non-hydrogen) atoms. The minimum atomic E-state index is -0.875. The summed E-state index contributed by atoms with van der Waals surface area (Å²) >= 11 is 0. The first-order valence-corrected chi connectivity index (χ1v) is 6.51. The van der Waals surface area contributed by atoms with Crippen LogP contribution in [-0.2, 0) is 11.2 Å². The number of aliphatic carboxylic acids is 1. The van der Waals surface area contributed by atoms with Gasteiger partial charge in [0.1, 0.15) is 5.75 Å². The first-order valence-electron chi connectivity index (χ1n) is 6.51. The molecule has 2 N–H and O–H groups in total. The first-order chi connectivity index (χ1) is 9.51. The van der Waals surface area contributed by atoms with E-state index < -0.39 is 5.97 Å². The van der Waals surface area contributed by atoms with Gasteiger partial charge in [0.2, 0.25) is 0 Å². The lowest BCUT2D eigenvalue weighted by molar-refractivity contribution is -0.136. The summed E-state index contributed by atoms with van der Waals surface area (Å²) in [6.07, 6.45) is -0.0535. The number of carboxylic acid groups (broad SMARTS) is 1. The molecule has 0 fully saturated rings. The number of aromatic nitrogens is 2. The quantitative estimate of drug-likeness (QED) is 0.879. The average Bonchev–Trinajstić information content (AvgIpc) is 2.81. The van der Waals surface area contributed by atoms with Crippen molar-refractivity contribution in [3.05, 3.63) is 35.0 Å². The highest BCUT2D eigenvalue weighted by molar-refractivity contribution is 5.71. The smallest absolute Gasteiger partial charge is 0.309 e. The molecule has 1 aromatic carbocycles. The summed E-state index contributed by atoms with van der Waals surface area (Å²) in [5.74, 6) is -0.00478. The van der Waals surface area contributed by atoms with Crippen LogP contribution in [0.3, 0.4) is 0 Å². The molecule has 0 aliphatic heterocycles. The molecule has 2 rings (SSSR count). The zero-order valence-electron chi connectivity index (χ0n) is 11.9. The maximum Gasteiger partial charge on any atom is 0.309 e. The van der Waals surface area contributed by atoms with E-state index in [2.05, 4.69) is 10.2 Å². The van der Waals surface area contributed by atoms with E-state index in [-0.39, 0.29) is 6.42 Å². The van der Waals surface area contributed by atoms with Crippen LogP contribution in [0, 0.1) is 13.8 Å². The van der Waals surface area contributed by atoms with Crippen molar-refractivity contribution in [1.29, 1.82) is 0 Å². The molecular weight excluding hydrogens is 256 g/mol. The molecule has 5 nitrogen and oxygen atoms in total. The van der Waals surface area contributed by atoms with Gasteiger partial charge in [-0.1, -0.05) is 0 Å². The number of hydrogen-bond acceptors (Lipinski definition) is 3. The predicted molar refractivity (Wildman–Crippen MR) is 76.0 cm³/mol. The van der Waals surface area contributed by atoms with Crippen LogP contribution in [0.25, 0.3) is 11.3 Å². The van der Waals surface area contributed by atoms with Gasteiger partial charge in [-0.25, -0.2) is 0 Å². The minimum absolute atomic E-state index is 0.0535. The number of nitrogens with zero attached hydrogens (tertiary/aromatic N) is 1. The Bertz CT molecular complexity index is 632. The van der Waals surface area contributed by atoms with Crippen molar-refractivity contribution in [2.24, 2.45) is 0 Å². The summed E-state index contributed by atoms with van der Waals surface area (Å²) in [5, 5.41) is 15.7. The summed E-state index contributed by atoms with van der Waals surface area (Å²) < 4.78 is 5.56. The van der Waals surface area contributed by atoms with Crippen LogP contribution < -0.4 is 4.74 Å². The van der Waals surface area contributed by atoms with Crippen molar-refractivity contribution in [1.82, 2.24) is 10.2 Å². The van der Waals surface area contributed by atoms with Crippen LogP contribution in [0.1, 0.15) is 23.7 Å². The van der Waals surface area contributed by atoms with Crippen molar-refractivity contribution in [2.45, 2.75) is 27.2 Å². The molecule has 0 bridgehead atoms. The number of H-pyrrole nitrogens is 1. The Morgan fingerprint density at radius 1 is 1.30 bits per heavy atom. The fourth-order valence-corrected chi connectivity index (χ4v) is 2.13. The van der Waals surface area contributed by atoms with Gasteiger partial charge >= 0.3 is 5.97 Å². The van der Waals surface area contributed by atoms with E-state index in [1.165, 1.54) is 0 Å². The molecule has 1 heterocycles. The van der Waals surface area contributed by atoms with Crippen LogP contribution in [-0.4, -0.2) is 27.9 Å². The van der Waals surface area contributed by atoms with Gasteiger partial charge in [0.05, 0.1) is 18.7 Å². The largest absolute Gasteiger partial charge is 0.494 e. The molecule has 0 amide bonds. The van der Waals surface area contributed by atoms with E-state index in [1.54, 1.807) is 6.07 Å². The maximum absolute atomic E-state index is 10.7. The van der Waals surface area contributed by atoms with E-state index in [0.717, 1.165) is 28.1 Å². The van der Waals surface area contributed by atoms with Gasteiger partial charge in [-0.15, -0.1) is 0 Å². The van der Waals surface area contributed by atoms with E-state index >= 15 is 0 Å². The molecule has 0 spiro atoms. The number of aromatic amines is 1. The van der Waals surface area contributed by atoms with Crippen molar-refractivity contribution >= 4 is 5.97 Å². The lowest BCUT2D eigenvalue weighted by atomic mass is 10.0. The molecule has 0 saturated heterocycles. The fraction of sp³-hybridized carbons (Fsp3) is 0.333. The summed E-state index contributed by atoms with van der Waals surface area (Å²) in [6.45, 7) is 6.56. The molecule has 106 valence electrons. The summed E-state index contributed by atoms with van der Waals surface area (Å²) in [5.41, 5.74) is 4.42. The van der Waals surface area contributed by atoms with Crippen molar-refractivity contribution in [3.8, 4) is 17.0 Å². The van der Waals surface area contributed by atoms with Crippen molar-refractivity contribution in [2.75, 3.05) is 6.61 Å². The second-order valence-electron chi connectivity index (χ2n) is 4.71. The third-order valence-electron chi connectivity index (χ3n) is 3.07. The van der Waals surface area contributed by atoms with Crippen LogP contribution >= 0.6 is 0 Å². The standard InChI is InChI=1S/C15H18N2O3/c1-4-20-14-6-9(2)12(5-10(14)3)13-7-11(16-17-13)8-15(18)19/h5-7H,4,8H2,1-3H3,(H,16,17)(H,18,19). The van der Waals surface area contributed by atoms with Crippen LogP contribution in [0.15, 0.2) is 18.2 Å². The molecule has 0 radical (unpaired) electrons. The Morgan fingerprint density at radius 2 is 2.05 bits per heavy atom. The predicted octanol–water partition coefficient (Wildman–Crippen LogP) is 2.72. The van der Waals surface area contributed by atoms with Gasteiger partial charge in [-0.3, -0.25) is 9.89 Å². The summed E-state index contributed by atoms with van der Waals surface area (Å²) in [4.78, 5) is 10.7. The van der Waals surface area contributed by atoms with Gasteiger partial charge in [-0.2, -0.15) is 5.10 Å². The van der Waals surface area contributed by atoms with Crippen molar-refractivity contribution in [3.63, 3.8) is 0 Å². The molecule has 0 atom stereocenters. The normalized spacial score (nSPS) is 10.6. The number of ether oxygens (including phenoxy) is 1. The van der Waals surface area contributed by atoms with Crippen molar-refractivity contribution < 1.29 is 14.6 Å². The Morgan fingerprint density at radius 3 is 2.70 bits per heavy atom. The number of hydrogen-bond donors (Lipinski definition) is 2. The molecular formula is C15H18N2O3. The van der Waals surface area contributed by atoms with E-state index in [9.17, 15) is 4.79 Å². The van der Waals surface area contributed by atoms with Crippen LogP contribution in [0.2, 0.25) is 0 Å². The van der Waals surface area contributed by atoms with Gasteiger partial charge in [0.15, 0.2) is 0 Å². The lowest BCUT2D eigenvalue weighted by Crippen LogP contribution is -1.99. The number of benzene rings is 1. The van der Waals surface area contributed by atoms with Gasteiger partial charge < -0.3 is 9.84 Å². The average molecular weight is 274 g/mol. The van der Waals surface area contributed by atoms with Gasteiger partial charge in [-0.05, 0) is 50.1 Å². The molecule has 0 aliphatic carbocycles. The highest BCUT2D eigenvalue weighted by Crippen LogP contribution is 2.29. The second-order valence-corrected chi connectivity index (χ2v) is 4.71. The Kier molecular flexibility index (Phi) is 4.08. The number of carboxylic acids is 1. The zero-order valence-corrected chi connectivity index (χ0v) is 11.9. The second kappa shape index (κ2) is 5.77. The minimum Gasteiger partial charge on any atom is -0.494 e. The Hall–Kier alpha value is -2.30. The number of rotatable bonds is 5. The molecule has 1 aromatic heterocycles. The molecule has 0 unspecified atom stereocenters. The third-order valence-corrected chi connectivity index (χ3v) is 3.07. The summed E-state index contributed by atoms with van der Waals surface area (Å²) in [7, 11) is 0. The number of carbonyl (C=O) groups is 1. The maximum atomic E-state index is 10.7. The Balaban J connectivity index is 2.35. The highest BCUT2D eigenvalue weighted by Gasteiger charge is 2.11.